The van der Waals surface area contributed by atoms with E-state index in [0.29, 0.717) is 19.4 Å². The first kappa shape index (κ1) is 17.0. The predicted molar refractivity (Wildman–Crippen MR) is 79.5 cm³/mol. The average Bonchev–Trinajstić information content (AvgIpc) is 2.45. The lowest BCUT2D eigenvalue weighted by Crippen LogP contribution is -2.37. The van der Waals surface area contributed by atoms with Crippen molar-refractivity contribution in [3.63, 3.8) is 0 Å². The summed E-state index contributed by atoms with van der Waals surface area (Å²) in [5.41, 5.74) is -0.894. The highest BCUT2D eigenvalue weighted by molar-refractivity contribution is 5.84. The molecule has 0 saturated heterocycles. The maximum absolute atomic E-state index is 11.9. The molecule has 1 aliphatic rings. The highest BCUT2D eigenvalue weighted by Crippen LogP contribution is 2.31. The van der Waals surface area contributed by atoms with Crippen LogP contribution in [0.1, 0.15) is 71.6 Å². The topological polar surface area (TPSA) is 66.4 Å². The Labute approximate surface area is 122 Å². The van der Waals surface area contributed by atoms with E-state index in [-0.39, 0.29) is 12.3 Å². The molecule has 2 N–H and O–H groups in total. The van der Waals surface area contributed by atoms with E-state index in [9.17, 15) is 14.7 Å². The maximum atomic E-state index is 11.9. The summed E-state index contributed by atoms with van der Waals surface area (Å²) in [7, 11) is 0. The fourth-order valence-electron chi connectivity index (χ4n) is 3.14. The molecule has 1 saturated carbocycles. The van der Waals surface area contributed by atoms with Crippen LogP contribution in [0.25, 0.3) is 0 Å². The normalized spacial score (nSPS) is 16.9. The van der Waals surface area contributed by atoms with Gasteiger partial charge < -0.3 is 10.4 Å². The highest BCUT2D eigenvalue weighted by atomic mass is 16.4. The SMILES string of the molecule is CCC(CC)(CC(=O)NCCC1CCCCC1)C(=O)O. The minimum atomic E-state index is -0.894. The van der Waals surface area contributed by atoms with Gasteiger partial charge in [0.15, 0.2) is 0 Å². The van der Waals surface area contributed by atoms with Crippen LogP contribution in [-0.2, 0) is 9.59 Å². The summed E-state index contributed by atoms with van der Waals surface area (Å²) >= 11 is 0. The molecule has 0 bridgehead atoms. The van der Waals surface area contributed by atoms with Gasteiger partial charge in [-0.05, 0) is 25.2 Å². The van der Waals surface area contributed by atoms with E-state index in [4.69, 9.17) is 0 Å². The molecule has 1 amide bonds. The molecule has 0 aromatic rings. The van der Waals surface area contributed by atoms with Crippen molar-refractivity contribution in [1.29, 1.82) is 0 Å². The van der Waals surface area contributed by atoms with Gasteiger partial charge in [-0.2, -0.15) is 0 Å². The summed E-state index contributed by atoms with van der Waals surface area (Å²) in [6, 6.07) is 0. The second-order valence-corrected chi connectivity index (χ2v) is 6.11. The van der Waals surface area contributed by atoms with Crippen molar-refractivity contribution in [2.45, 2.75) is 71.6 Å². The zero-order valence-corrected chi connectivity index (χ0v) is 12.9. The summed E-state index contributed by atoms with van der Waals surface area (Å²) in [6.45, 7) is 4.37. The Hall–Kier alpha value is -1.06. The Morgan fingerprint density at radius 1 is 1.15 bits per heavy atom. The van der Waals surface area contributed by atoms with Gasteiger partial charge in [-0.3, -0.25) is 9.59 Å². The van der Waals surface area contributed by atoms with Gasteiger partial charge >= 0.3 is 5.97 Å². The molecule has 0 heterocycles. The Morgan fingerprint density at radius 2 is 1.75 bits per heavy atom. The van der Waals surface area contributed by atoms with Gasteiger partial charge in [0.1, 0.15) is 0 Å². The summed E-state index contributed by atoms with van der Waals surface area (Å²) in [4.78, 5) is 23.3. The minimum Gasteiger partial charge on any atom is -0.481 e. The first-order valence-electron chi connectivity index (χ1n) is 8.04. The maximum Gasteiger partial charge on any atom is 0.310 e. The number of carboxylic acids is 1. The van der Waals surface area contributed by atoms with Gasteiger partial charge in [0, 0.05) is 13.0 Å². The molecule has 0 aromatic heterocycles. The van der Waals surface area contributed by atoms with E-state index in [1.807, 2.05) is 13.8 Å². The molecular weight excluding hydrogens is 254 g/mol. The average molecular weight is 283 g/mol. The molecule has 4 nitrogen and oxygen atoms in total. The van der Waals surface area contributed by atoms with Crippen LogP contribution in [0.2, 0.25) is 0 Å². The fourth-order valence-corrected chi connectivity index (χ4v) is 3.14. The molecule has 4 heteroatoms. The van der Waals surface area contributed by atoms with Crippen LogP contribution < -0.4 is 5.32 Å². The van der Waals surface area contributed by atoms with Crippen molar-refractivity contribution in [2.24, 2.45) is 11.3 Å². The predicted octanol–water partition coefficient (Wildman–Crippen LogP) is 3.35. The van der Waals surface area contributed by atoms with Crippen LogP contribution in [0.3, 0.4) is 0 Å². The van der Waals surface area contributed by atoms with Crippen LogP contribution in [0.15, 0.2) is 0 Å². The van der Waals surface area contributed by atoms with Gasteiger partial charge in [0.2, 0.25) is 5.91 Å². The first-order chi connectivity index (χ1) is 9.54. The molecule has 1 aliphatic carbocycles. The summed E-state index contributed by atoms with van der Waals surface area (Å²) < 4.78 is 0. The van der Waals surface area contributed by atoms with Gasteiger partial charge in [0.25, 0.3) is 0 Å². The van der Waals surface area contributed by atoms with E-state index >= 15 is 0 Å². The second-order valence-electron chi connectivity index (χ2n) is 6.11. The minimum absolute atomic E-state index is 0.0972. The quantitative estimate of drug-likeness (QED) is 0.718. The molecule has 20 heavy (non-hydrogen) atoms. The molecule has 0 spiro atoms. The van der Waals surface area contributed by atoms with Crippen LogP contribution >= 0.6 is 0 Å². The number of nitrogens with one attached hydrogen (secondary N) is 1. The summed E-state index contributed by atoms with van der Waals surface area (Å²) in [6.07, 6.45) is 8.64. The fraction of sp³-hybridized carbons (Fsp3) is 0.875. The third-order valence-corrected chi connectivity index (χ3v) is 4.91. The summed E-state index contributed by atoms with van der Waals surface area (Å²) in [5.74, 6) is -0.234. The van der Waals surface area contributed by atoms with E-state index in [2.05, 4.69) is 5.32 Å². The number of rotatable bonds is 8. The van der Waals surface area contributed by atoms with Gasteiger partial charge in [-0.15, -0.1) is 0 Å². The molecule has 0 aliphatic heterocycles. The van der Waals surface area contributed by atoms with E-state index in [1.165, 1.54) is 32.1 Å². The summed E-state index contributed by atoms with van der Waals surface area (Å²) in [5, 5.41) is 12.2. The Bertz CT molecular complexity index is 318. The lowest BCUT2D eigenvalue weighted by Gasteiger charge is -2.26. The van der Waals surface area contributed by atoms with Crippen molar-refractivity contribution in [3.05, 3.63) is 0 Å². The van der Waals surface area contributed by atoms with E-state index in [1.54, 1.807) is 0 Å². The third-order valence-electron chi connectivity index (χ3n) is 4.91. The van der Waals surface area contributed by atoms with Crippen molar-refractivity contribution < 1.29 is 14.7 Å². The van der Waals surface area contributed by atoms with Crippen molar-refractivity contribution in [1.82, 2.24) is 5.32 Å². The Balaban J connectivity index is 2.32. The van der Waals surface area contributed by atoms with Crippen molar-refractivity contribution in [3.8, 4) is 0 Å². The molecular formula is C16H29NO3. The number of hydrogen-bond donors (Lipinski definition) is 2. The highest BCUT2D eigenvalue weighted by Gasteiger charge is 2.37. The van der Waals surface area contributed by atoms with Crippen LogP contribution in [-0.4, -0.2) is 23.5 Å². The molecule has 1 rings (SSSR count). The lowest BCUT2D eigenvalue weighted by atomic mass is 9.79. The smallest absolute Gasteiger partial charge is 0.310 e. The zero-order chi connectivity index (χ0) is 15.0. The van der Waals surface area contributed by atoms with Gasteiger partial charge in [-0.25, -0.2) is 0 Å². The third kappa shape index (κ3) is 4.80. The standard InChI is InChI=1S/C16H29NO3/c1-3-16(4-2,15(19)20)12-14(18)17-11-10-13-8-6-5-7-9-13/h13H,3-12H2,1-2H3,(H,17,18)(H,19,20). The Kier molecular flexibility index (Phi) is 7.03. The molecule has 0 unspecified atom stereocenters. The van der Waals surface area contributed by atoms with Gasteiger partial charge in [-0.1, -0.05) is 46.0 Å². The van der Waals surface area contributed by atoms with Crippen molar-refractivity contribution in [2.75, 3.05) is 6.54 Å². The number of hydrogen-bond acceptors (Lipinski definition) is 2. The Morgan fingerprint density at radius 3 is 2.25 bits per heavy atom. The van der Waals surface area contributed by atoms with Crippen LogP contribution in [0.4, 0.5) is 0 Å². The zero-order valence-electron chi connectivity index (χ0n) is 12.9. The van der Waals surface area contributed by atoms with Gasteiger partial charge in [0.05, 0.1) is 5.41 Å². The molecule has 0 atom stereocenters. The number of carboxylic acid groups (broad SMARTS) is 1. The molecule has 1 fully saturated rings. The van der Waals surface area contributed by atoms with E-state index in [0.717, 1.165) is 12.3 Å². The monoisotopic (exact) mass is 283 g/mol. The molecule has 0 aromatic carbocycles. The lowest BCUT2D eigenvalue weighted by molar-refractivity contribution is -0.152. The largest absolute Gasteiger partial charge is 0.481 e. The molecule has 116 valence electrons. The number of carbonyl (C=O) groups excluding carboxylic acids is 1. The second kappa shape index (κ2) is 8.28. The number of carbonyl (C=O) groups is 2. The number of aliphatic carboxylic acids is 1. The first-order valence-corrected chi connectivity index (χ1v) is 8.04. The van der Waals surface area contributed by atoms with Crippen LogP contribution in [0.5, 0.6) is 0 Å². The van der Waals surface area contributed by atoms with Crippen LogP contribution in [0, 0.1) is 11.3 Å². The number of amides is 1. The molecule has 0 radical (unpaired) electrons. The van der Waals surface area contributed by atoms with Crippen molar-refractivity contribution >= 4 is 11.9 Å². The van der Waals surface area contributed by atoms with E-state index < -0.39 is 11.4 Å².